The van der Waals surface area contributed by atoms with E-state index in [1.807, 2.05) is 0 Å². The van der Waals surface area contributed by atoms with Crippen molar-refractivity contribution in [2.75, 3.05) is 5.32 Å². The second kappa shape index (κ2) is 12.1. The molecule has 0 aliphatic rings. The highest BCUT2D eigenvalue weighted by atomic mass is 19.4. The van der Waals surface area contributed by atoms with E-state index in [1.54, 1.807) is 58.6 Å². The lowest BCUT2D eigenvalue weighted by atomic mass is 10.0. The Hall–Kier alpha value is -5.93. The highest BCUT2D eigenvalue weighted by molar-refractivity contribution is 6.03. The molecule has 0 aliphatic carbocycles. The quantitative estimate of drug-likeness (QED) is 0.189. The second-order valence-corrected chi connectivity index (χ2v) is 10.3. The van der Waals surface area contributed by atoms with Crippen LogP contribution in [0, 0.1) is 0 Å². The molecule has 10 nitrogen and oxygen atoms in total. The molecule has 6 rings (SSSR count). The van der Waals surface area contributed by atoms with Crippen LogP contribution < -0.4 is 15.7 Å². The SMILES string of the molecule is Cn1c(=Nc2ccc(OC(F)(F)F)cc2)n(Cc2ccc(C(=O)Nc3nnn[nH]3)cc2)c2cc(C(F)(F)F)cc(-c3ccccc3)c21. The van der Waals surface area contributed by atoms with Crippen molar-refractivity contribution in [3.63, 3.8) is 0 Å². The number of carbonyl (C=O) groups is 1. The molecule has 0 fully saturated rings. The largest absolute Gasteiger partial charge is 0.573 e. The van der Waals surface area contributed by atoms with Gasteiger partial charge in [0, 0.05) is 18.2 Å². The fraction of sp³-hybridized carbons (Fsp3) is 0.129. The maximum Gasteiger partial charge on any atom is 0.573 e. The highest BCUT2D eigenvalue weighted by Gasteiger charge is 2.33. The number of aryl methyl sites for hydroxylation is 1. The van der Waals surface area contributed by atoms with Gasteiger partial charge in [0.25, 0.3) is 5.91 Å². The van der Waals surface area contributed by atoms with Crippen molar-refractivity contribution in [3.8, 4) is 16.9 Å². The van der Waals surface area contributed by atoms with Gasteiger partial charge in [0.2, 0.25) is 11.6 Å². The number of carbonyl (C=O) groups excluding carboxylic acids is 1. The number of tetrazole rings is 1. The Bertz CT molecular complexity index is 2100. The molecule has 2 N–H and O–H groups in total. The summed E-state index contributed by atoms with van der Waals surface area (Å²) in [6.45, 7) is 0.0227. The highest BCUT2D eigenvalue weighted by Crippen LogP contribution is 2.37. The molecular weight excluding hydrogens is 630 g/mol. The number of H-pyrrole nitrogens is 1. The van der Waals surface area contributed by atoms with E-state index in [4.69, 9.17) is 0 Å². The number of nitrogens with zero attached hydrogens (tertiary/aromatic N) is 6. The van der Waals surface area contributed by atoms with Crippen LogP contribution in [0.2, 0.25) is 0 Å². The number of rotatable bonds is 7. The Labute approximate surface area is 261 Å². The van der Waals surface area contributed by atoms with Crippen LogP contribution in [0.25, 0.3) is 22.2 Å². The Morgan fingerprint density at radius 3 is 2.26 bits per heavy atom. The van der Waals surface area contributed by atoms with Crippen LogP contribution in [-0.4, -0.2) is 42.0 Å². The van der Waals surface area contributed by atoms with Crippen LogP contribution in [-0.2, 0) is 19.8 Å². The number of anilines is 1. The van der Waals surface area contributed by atoms with Crippen molar-refractivity contribution >= 4 is 28.6 Å². The first-order chi connectivity index (χ1) is 22.4. The maximum atomic E-state index is 14.3. The molecule has 6 aromatic rings. The van der Waals surface area contributed by atoms with Gasteiger partial charge in [-0.25, -0.2) is 10.1 Å². The number of nitrogens with one attached hydrogen (secondary N) is 2. The number of fused-ring (bicyclic) bond motifs is 1. The minimum absolute atomic E-state index is 0.0227. The fourth-order valence-corrected chi connectivity index (χ4v) is 5.03. The average molecular weight is 653 g/mol. The van der Waals surface area contributed by atoms with Gasteiger partial charge in [-0.3, -0.25) is 10.1 Å². The van der Waals surface area contributed by atoms with Crippen LogP contribution in [0.4, 0.5) is 38.0 Å². The number of aromatic nitrogens is 6. The molecule has 1 amide bonds. The first kappa shape index (κ1) is 31.1. The predicted molar refractivity (Wildman–Crippen MR) is 157 cm³/mol. The maximum absolute atomic E-state index is 14.3. The van der Waals surface area contributed by atoms with Gasteiger partial charge in [-0.2, -0.15) is 13.2 Å². The summed E-state index contributed by atoms with van der Waals surface area (Å²) in [6, 6.07) is 21.8. The summed E-state index contributed by atoms with van der Waals surface area (Å²) in [5.74, 6) is -0.903. The molecule has 2 aromatic heterocycles. The zero-order chi connectivity index (χ0) is 33.3. The topological polar surface area (TPSA) is 115 Å². The molecule has 2 heterocycles. The van der Waals surface area contributed by atoms with Gasteiger partial charge < -0.3 is 13.9 Å². The van der Waals surface area contributed by atoms with Gasteiger partial charge in [0.1, 0.15) is 5.75 Å². The lowest BCUT2D eigenvalue weighted by Gasteiger charge is -2.13. The van der Waals surface area contributed by atoms with Gasteiger partial charge in [-0.1, -0.05) is 47.6 Å². The molecule has 4 aromatic carbocycles. The third-order valence-electron chi connectivity index (χ3n) is 7.10. The number of benzene rings is 4. The van der Waals surface area contributed by atoms with E-state index in [-0.39, 0.29) is 34.9 Å². The number of aromatic amines is 1. The number of hydrogen-bond acceptors (Lipinski definition) is 6. The Balaban J connectivity index is 1.50. The first-order valence-electron chi connectivity index (χ1n) is 13.8. The zero-order valence-corrected chi connectivity index (χ0v) is 24.1. The molecule has 16 heteroatoms. The zero-order valence-electron chi connectivity index (χ0n) is 24.1. The summed E-state index contributed by atoms with van der Waals surface area (Å²) in [7, 11) is 1.64. The Kier molecular flexibility index (Phi) is 8.01. The van der Waals surface area contributed by atoms with E-state index in [0.717, 1.165) is 24.3 Å². The van der Waals surface area contributed by atoms with E-state index in [9.17, 15) is 31.1 Å². The molecule has 0 unspecified atom stereocenters. The lowest BCUT2D eigenvalue weighted by molar-refractivity contribution is -0.274. The monoisotopic (exact) mass is 652 g/mol. The van der Waals surface area contributed by atoms with Crippen molar-refractivity contribution in [2.24, 2.45) is 12.0 Å². The average Bonchev–Trinajstić information content (AvgIpc) is 3.63. The predicted octanol–water partition coefficient (Wildman–Crippen LogP) is 6.61. The molecule has 0 atom stereocenters. The van der Waals surface area contributed by atoms with E-state index < -0.39 is 29.8 Å². The van der Waals surface area contributed by atoms with Gasteiger partial charge in [-0.15, -0.1) is 13.2 Å². The summed E-state index contributed by atoms with van der Waals surface area (Å²) < 4.78 is 88.0. The lowest BCUT2D eigenvalue weighted by Crippen LogP contribution is -2.24. The number of halogens is 6. The van der Waals surface area contributed by atoms with Crippen molar-refractivity contribution < 1.29 is 35.9 Å². The van der Waals surface area contributed by atoms with Gasteiger partial charge in [0.15, 0.2) is 0 Å². The Morgan fingerprint density at radius 2 is 1.64 bits per heavy atom. The number of ether oxygens (including phenoxy) is 1. The summed E-state index contributed by atoms with van der Waals surface area (Å²) in [6.07, 6.45) is -9.56. The fourth-order valence-electron chi connectivity index (χ4n) is 5.03. The van der Waals surface area contributed by atoms with E-state index in [1.165, 1.54) is 24.3 Å². The summed E-state index contributed by atoms with van der Waals surface area (Å²) in [5.41, 5.74) is 1.93. The molecular formula is C31H22F6N8O2. The van der Waals surface area contributed by atoms with Crippen LogP contribution in [0.15, 0.2) is 96.0 Å². The Morgan fingerprint density at radius 1 is 0.936 bits per heavy atom. The van der Waals surface area contributed by atoms with Crippen molar-refractivity contribution in [2.45, 2.75) is 19.1 Å². The van der Waals surface area contributed by atoms with Crippen LogP contribution >= 0.6 is 0 Å². The van der Waals surface area contributed by atoms with Crippen LogP contribution in [0.1, 0.15) is 21.5 Å². The van der Waals surface area contributed by atoms with Crippen LogP contribution in [0.5, 0.6) is 5.75 Å². The number of hydrogen-bond donors (Lipinski definition) is 2. The molecule has 0 saturated heterocycles. The molecule has 0 aliphatic heterocycles. The third-order valence-corrected chi connectivity index (χ3v) is 7.10. The minimum atomic E-state index is -4.88. The minimum Gasteiger partial charge on any atom is -0.406 e. The molecule has 0 bridgehead atoms. The van der Waals surface area contributed by atoms with Crippen molar-refractivity contribution in [1.29, 1.82) is 0 Å². The number of amides is 1. The standard InChI is InChI=1S/C31H22F6N8O2/c1-44-26-24(19-5-3-2-4-6-19)15-21(30(32,33)34)16-25(26)45(29(44)38-22-11-13-23(14-12-22)47-31(35,36)37)17-18-7-9-20(10-8-18)27(46)39-28-40-42-43-41-28/h2-16H,17H2,1H3,(H2,39,40,41,42,43,46). The summed E-state index contributed by atoms with van der Waals surface area (Å²) in [5, 5.41) is 15.3. The van der Waals surface area contributed by atoms with Gasteiger partial charge in [0.05, 0.1) is 28.8 Å². The normalized spacial score (nSPS) is 12.4. The van der Waals surface area contributed by atoms with Crippen molar-refractivity contribution in [1.82, 2.24) is 29.8 Å². The number of imidazole rings is 1. The van der Waals surface area contributed by atoms with Crippen LogP contribution in [0.3, 0.4) is 0 Å². The first-order valence-corrected chi connectivity index (χ1v) is 13.8. The van der Waals surface area contributed by atoms with E-state index in [2.05, 4.69) is 35.7 Å². The van der Waals surface area contributed by atoms with E-state index in [0.29, 0.717) is 22.2 Å². The van der Waals surface area contributed by atoms with Gasteiger partial charge >= 0.3 is 12.5 Å². The summed E-state index contributed by atoms with van der Waals surface area (Å²) in [4.78, 5) is 17.2. The molecule has 0 saturated carbocycles. The molecule has 0 spiro atoms. The molecule has 240 valence electrons. The van der Waals surface area contributed by atoms with Crippen molar-refractivity contribution in [3.05, 3.63) is 113 Å². The molecule has 0 radical (unpaired) electrons. The molecule has 47 heavy (non-hydrogen) atoms. The second-order valence-electron chi connectivity index (χ2n) is 10.3. The third kappa shape index (κ3) is 6.85. The number of alkyl halides is 6. The van der Waals surface area contributed by atoms with E-state index >= 15 is 0 Å². The summed E-state index contributed by atoms with van der Waals surface area (Å²) >= 11 is 0. The smallest absolute Gasteiger partial charge is 0.406 e. The van der Waals surface area contributed by atoms with Gasteiger partial charge in [-0.05, 0) is 70.1 Å².